The number of fused-ring (bicyclic) bond motifs is 1. The zero-order valence-corrected chi connectivity index (χ0v) is 50.6. The normalized spacial score (nSPS) is 18.9. The van der Waals surface area contributed by atoms with Crippen LogP contribution in [-0.4, -0.2) is 158 Å². The first-order valence-electron chi connectivity index (χ1n) is 27.7. The Morgan fingerprint density at radius 2 is 1.38 bits per heavy atom. The van der Waals surface area contributed by atoms with Gasteiger partial charge >= 0.3 is 12.1 Å². The van der Waals surface area contributed by atoms with Crippen LogP contribution in [-0.2, 0) is 64.2 Å². The van der Waals surface area contributed by atoms with Gasteiger partial charge in [-0.05, 0) is 197 Å². The molecule has 1 aromatic rings. The molecule has 0 radical (unpaired) electrons. The summed E-state index contributed by atoms with van der Waals surface area (Å²) in [6.07, 6.45) is 2.14. The van der Waals surface area contributed by atoms with Gasteiger partial charge in [-0.2, -0.15) is 0 Å². The van der Waals surface area contributed by atoms with E-state index < -0.39 is 110 Å². The second-order valence-electron chi connectivity index (χ2n) is 24.7. The standard InChI is InChI=1S/C56H92N8O14S/c1-33-34(2)46(35(3)37-27-28-56(14,15)76-45(33)37)79(72,73)62-42(57)26-19-23-39(51(70)77-54(8,9)10)60-47(66)40-24-20-30-63(40)50(69)41-25-21-31-64(41)49(68)38(22-17-18-29-58-52(71)78-55(11,12)13)59-48(67)44(61-43(65)32-74-16)36(4)75-53(5,6)7/h36,38-41,44H,17-32H2,1-16H3,(H2,57,62)(H,58,71)(H,59,67)(H,60,66)(H,61,65)/t36-,38+,39+,40+,41+,44+/m1/s1. The van der Waals surface area contributed by atoms with Crippen molar-refractivity contribution in [3.63, 3.8) is 0 Å². The lowest BCUT2D eigenvalue weighted by molar-refractivity contribution is -0.159. The molecule has 3 heterocycles. The molecule has 6 atom stereocenters. The van der Waals surface area contributed by atoms with Gasteiger partial charge in [0.25, 0.3) is 10.0 Å². The number of rotatable bonds is 23. The highest BCUT2D eigenvalue weighted by atomic mass is 32.2. The summed E-state index contributed by atoms with van der Waals surface area (Å²) in [6, 6.07) is -5.67. The molecule has 0 bridgehead atoms. The molecule has 0 spiro atoms. The monoisotopic (exact) mass is 1130 g/mol. The second-order valence-corrected chi connectivity index (χ2v) is 26.3. The Balaban J connectivity index is 1.51. The number of carbonyl (C=O) groups is 7. The molecule has 0 aromatic heterocycles. The minimum absolute atomic E-state index is 0.0261. The van der Waals surface area contributed by atoms with Gasteiger partial charge in [-0.15, -0.1) is 0 Å². The van der Waals surface area contributed by atoms with Crippen molar-refractivity contribution in [2.24, 2.45) is 0 Å². The molecule has 4 rings (SSSR count). The molecule has 23 heteroatoms. The molecule has 6 amide bonds. The lowest BCUT2D eigenvalue weighted by Crippen LogP contribution is -2.60. The van der Waals surface area contributed by atoms with Crippen molar-refractivity contribution >= 4 is 57.5 Å². The van der Waals surface area contributed by atoms with E-state index in [1.807, 2.05) is 20.8 Å². The highest BCUT2D eigenvalue weighted by Gasteiger charge is 2.45. The third kappa shape index (κ3) is 19.3. The van der Waals surface area contributed by atoms with Crippen LogP contribution in [0.3, 0.4) is 0 Å². The number of ether oxygens (including phenoxy) is 5. The minimum atomic E-state index is -4.21. The van der Waals surface area contributed by atoms with E-state index in [1.54, 1.807) is 83.1 Å². The van der Waals surface area contributed by atoms with Crippen molar-refractivity contribution in [3.05, 3.63) is 22.3 Å². The SMILES string of the molecule is COCC(=O)N[C@H](C(=O)N[C@@H](CCCCNC(=O)OC(C)(C)C)C(=O)N1CCC[C@H]1C(=O)N1CCC[C@H]1C(=O)N[C@@H](CCCC(=N)NS(=O)(=O)c1c(C)c(C)c2c(c1C)CCC(C)(C)O2)C(=O)OC(C)(C)C)[C@@H](C)OC(C)(C)C. The number of carbonyl (C=O) groups excluding carboxylic acids is 7. The maximum atomic E-state index is 14.8. The number of sulfonamides is 1. The number of amidine groups is 1. The second kappa shape index (κ2) is 27.3. The van der Waals surface area contributed by atoms with E-state index in [-0.39, 0.29) is 75.5 Å². The maximum absolute atomic E-state index is 14.8. The number of esters is 1. The van der Waals surface area contributed by atoms with E-state index >= 15 is 0 Å². The number of hydrogen-bond donors (Lipinski definition) is 6. The number of likely N-dealkylation sites (tertiary alicyclic amines) is 2. The minimum Gasteiger partial charge on any atom is -0.487 e. The number of alkyl carbamates (subject to hydrolysis) is 1. The summed E-state index contributed by atoms with van der Waals surface area (Å²) in [5.41, 5.74) is -0.142. The molecular weight excluding hydrogens is 1040 g/mol. The predicted molar refractivity (Wildman–Crippen MR) is 297 cm³/mol. The zero-order valence-electron chi connectivity index (χ0n) is 49.8. The molecule has 3 aliphatic rings. The third-order valence-corrected chi connectivity index (χ3v) is 15.5. The van der Waals surface area contributed by atoms with Gasteiger partial charge in [-0.1, -0.05) is 0 Å². The topological polar surface area (TPSA) is 290 Å². The summed E-state index contributed by atoms with van der Waals surface area (Å²) >= 11 is 0. The van der Waals surface area contributed by atoms with Crippen LogP contribution in [0.4, 0.5) is 4.79 Å². The van der Waals surface area contributed by atoms with Gasteiger partial charge in [0.15, 0.2) is 0 Å². The average Bonchev–Trinajstić information content (AvgIpc) is 4.07. The lowest BCUT2D eigenvalue weighted by Gasteiger charge is -2.35. The highest BCUT2D eigenvalue weighted by Crippen LogP contribution is 2.42. The van der Waals surface area contributed by atoms with Gasteiger partial charge in [0.1, 0.15) is 65.2 Å². The van der Waals surface area contributed by atoms with Crippen molar-refractivity contribution in [2.75, 3.05) is 33.4 Å². The lowest BCUT2D eigenvalue weighted by atomic mass is 9.88. The zero-order chi connectivity index (χ0) is 59.6. The van der Waals surface area contributed by atoms with Gasteiger partial charge in [-0.25, -0.2) is 18.0 Å². The van der Waals surface area contributed by atoms with E-state index in [1.165, 1.54) is 16.9 Å². The molecule has 2 saturated heterocycles. The van der Waals surface area contributed by atoms with Crippen LogP contribution >= 0.6 is 0 Å². The largest absolute Gasteiger partial charge is 0.487 e. The molecule has 2 fully saturated rings. The van der Waals surface area contributed by atoms with Crippen LogP contribution in [0.2, 0.25) is 0 Å². The Morgan fingerprint density at radius 3 is 1.99 bits per heavy atom. The Bertz CT molecular complexity index is 2510. The van der Waals surface area contributed by atoms with Crippen molar-refractivity contribution in [3.8, 4) is 5.75 Å². The maximum Gasteiger partial charge on any atom is 0.407 e. The molecule has 22 nitrogen and oxygen atoms in total. The molecule has 3 aliphatic heterocycles. The van der Waals surface area contributed by atoms with Crippen molar-refractivity contribution in [2.45, 2.75) is 245 Å². The van der Waals surface area contributed by atoms with Gasteiger partial charge in [0, 0.05) is 33.2 Å². The van der Waals surface area contributed by atoms with Gasteiger partial charge in [0.2, 0.25) is 29.5 Å². The molecule has 6 N–H and O–H groups in total. The number of nitrogens with one attached hydrogen (secondary N) is 6. The molecule has 0 saturated carbocycles. The Hall–Kier alpha value is -5.55. The van der Waals surface area contributed by atoms with Crippen LogP contribution in [0.1, 0.15) is 176 Å². The molecule has 79 heavy (non-hydrogen) atoms. The Kier molecular flexibility index (Phi) is 22.8. The number of unbranched alkanes of at least 4 members (excludes halogenated alkanes) is 1. The van der Waals surface area contributed by atoms with Crippen LogP contribution in [0.25, 0.3) is 0 Å². The summed E-state index contributed by atoms with van der Waals surface area (Å²) < 4.78 is 58.7. The molecule has 0 unspecified atom stereocenters. The number of amides is 6. The molecule has 446 valence electrons. The predicted octanol–water partition coefficient (Wildman–Crippen LogP) is 5.46. The van der Waals surface area contributed by atoms with E-state index in [0.717, 1.165) is 5.56 Å². The fourth-order valence-electron chi connectivity index (χ4n) is 10.2. The van der Waals surface area contributed by atoms with Crippen molar-refractivity contribution in [1.82, 2.24) is 35.8 Å². The molecular formula is C56H92N8O14S. The first-order chi connectivity index (χ1) is 36.5. The Labute approximate surface area is 468 Å². The van der Waals surface area contributed by atoms with Gasteiger partial charge in [0.05, 0.1) is 16.6 Å². The number of hydrogen-bond acceptors (Lipinski definition) is 15. The third-order valence-electron chi connectivity index (χ3n) is 13.9. The number of benzene rings is 1. The van der Waals surface area contributed by atoms with E-state index in [2.05, 4.69) is 26.0 Å². The average molecular weight is 1130 g/mol. The summed E-state index contributed by atoms with van der Waals surface area (Å²) in [5, 5.41) is 19.7. The smallest absolute Gasteiger partial charge is 0.407 e. The summed E-state index contributed by atoms with van der Waals surface area (Å²) in [7, 11) is -2.87. The van der Waals surface area contributed by atoms with E-state index in [4.69, 9.17) is 29.1 Å². The van der Waals surface area contributed by atoms with E-state index in [9.17, 15) is 42.0 Å². The first kappa shape index (κ1) is 66.0. The van der Waals surface area contributed by atoms with Gasteiger partial charge in [-0.3, -0.25) is 34.1 Å². The molecule has 1 aromatic carbocycles. The Morgan fingerprint density at radius 1 is 0.772 bits per heavy atom. The number of nitrogens with zero attached hydrogens (tertiary/aromatic N) is 2. The summed E-state index contributed by atoms with van der Waals surface area (Å²) in [5.74, 6) is -3.29. The fourth-order valence-corrected chi connectivity index (χ4v) is 11.8. The number of methoxy groups -OCH3 is 1. The quantitative estimate of drug-likeness (QED) is 0.0343. The highest BCUT2D eigenvalue weighted by molar-refractivity contribution is 7.90. The summed E-state index contributed by atoms with van der Waals surface area (Å²) in [4.78, 5) is 99.8. The van der Waals surface area contributed by atoms with Crippen LogP contribution in [0, 0.1) is 26.2 Å². The first-order valence-corrected chi connectivity index (χ1v) is 29.2. The van der Waals surface area contributed by atoms with Crippen molar-refractivity contribution in [1.29, 1.82) is 5.41 Å². The summed E-state index contributed by atoms with van der Waals surface area (Å²) in [6.45, 7) is 26.8. The van der Waals surface area contributed by atoms with Crippen LogP contribution < -0.4 is 30.7 Å². The van der Waals surface area contributed by atoms with E-state index in [0.29, 0.717) is 61.0 Å². The van der Waals surface area contributed by atoms with Gasteiger partial charge < -0.3 is 54.8 Å². The fraction of sp³-hybridized carbons (Fsp3) is 0.750. The van der Waals surface area contributed by atoms with Crippen molar-refractivity contribution < 1.29 is 65.7 Å². The molecule has 0 aliphatic carbocycles. The van der Waals surface area contributed by atoms with Crippen LogP contribution in [0.5, 0.6) is 5.75 Å². The van der Waals surface area contributed by atoms with Crippen LogP contribution in [0.15, 0.2) is 4.90 Å².